The van der Waals surface area contributed by atoms with E-state index in [9.17, 15) is 5.11 Å². The van der Waals surface area contributed by atoms with Crippen LogP contribution < -0.4 is 10.5 Å². The number of hydrogen-bond acceptors (Lipinski definition) is 4. The largest absolute Gasteiger partial charge is 0.497 e. The van der Waals surface area contributed by atoms with E-state index in [0.29, 0.717) is 12.3 Å². The lowest BCUT2D eigenvalue weighted by molar-refractivity contribution is 0.121. The van der Waals surface area contributed by atoms with Crippen molar-refractivity contribution in [1.82, 2.24) is 0 Å². The van der Waals surface area contributed by atoms with Crippen LogP contribution in [-0.4, -0.2) is 18.8 Å². The van der Waals surface area contributed by atoms with E-state index in [1.54, 1.807) is 13.2 Å². The van der Waals surface area contributed by atoms with Crippen LogP contribution in [0.1, 0.15) is 29.1 Å². The van der Waals surface area contributed by atoms with Crippen LogP contribution in [0.2, 0.25) is 0 Å². The predicted octanol–water partition coefficient (Wildman–Crippen LogP) is 2.37. The number of nitrogens with two attached hydrogens (primary N) is 1. The molecule has 0 radical (unpaired) electrons. The molecule has 0 amide bonds. The average Bonchev–Trinajstić information content (AvgIpc) is 2.87. The molecule has 1 heterocycles. The number of methoxy groups -OCH3 is 1. The standard InChI is InChI=1S/C15H19NO3/c1-10-3-8-14(19-10)15(17)13(9-16)11-4-6-12(18-2)7-5-11/h3-8,13,15,17H,9,16H2,1-2H3. The minimum absolute atomic E-state index is 0.198. The van der Waals surface area contributed by atoms with Gasteiger partial charge in [-0.25, -0.2) is 0 Å². The molecular weight excluding hydrogens is 242 g/mol. The van der Waals surface area contributed by atoms with Crippen molar-refractivity contribution < 1.29 is 14.3 Å². The number of aryl methyl sites for hydroxylation is 1. The van der Waals surface area contributed by atoms with Gasteiger partial charge in [-0.15, -0.1) is 0 Å². The Balaban J connectivity index is 2.23. The third-order valence-electron chi connectivity index (χ3n) is 3.23. The number of aliphatic hydroxyl groups is 1. The molecule has 0 fully saturated rings. The van der Waals surface area contributed by atoms with Crippen molar-refractivity contribution in [2.75, 3.05) is 13.7 Å². The molecule has 102 valence electrons. The number of aliphatic hydroxyl groups excluding tert-OH is 1. The molecule has 2 rings (SSSR count). The number of rotatable bonds is 5. The zero-order chi connectivity index (χ0) is 13.8. The second-order valence-electron chi connectivity index (χ2n) is 4.51. The molecule has 3 N–H and O–H groups in total. The second-order valence-corrected chi connectivity index (χ2v) is 4.51. The summed E-state index contributed by atoms with van der Waals surface area (Å²) < 4.78 is 10.6. The maximum Gasteiger partial charge on any atom is 0.133 e. The predicted molar refractivity (Wildman–Crippen MR) is 73.2 cm³/mol. The summed E-state index contributed by atoms with van der Waals surface area (Å²) in [6.45, 7) is 2.19. The monoisotopic (exact) mass is 261 g/mol. The van der Waals surface area contributed by atoms with E-state index < -0.39 is 6.10 Å². The molecule has 0 saturated carbocycles. The third kappa shape index (κ3) is 2.97. The Labute approximate surface area is 112 Å². The van der Waals surface area contributed by atoms with E-state index in [1.807, 2.05) is 37.3 Å². The fraction of sp³-hybridized carbons (Fsp3) is 0.333. The first-order valence-electron chi connectivity index (χ1n) is 6.24. The molecule has 19 heavy (non-hydrogen) atoms. The van der Waals surface area contributed by atoms with Crippen LogP contribution in [-0.2, 0) is 0 Å². The average molecular weight is 261 g/mol. The quantitative estimate of drug-likeness (QED) is 0.867. The second kappa shape index (κ2) is 5.91. The number of benzene rings is 1. The van der Waals surface area contributed by atoms with Crippen molar-refractivity contribution in [2.24, 2.45) is 5.73 Å². The van der Waals surface area contributed by atoms with Crippen LogP contribution in [0.5, 0.6) is 5.75 Å². The fourth-order valence-electron chi connectivity index (χ4n) is 2.11. The molecule has 1 aromatic carbocycles. The molecule has 0 aliphatic heterocycles. The molecule has 0 spiro atoms. The highest BCUT2D eigenvalue weighted by Crippen LogP contribution is 2.31. The lowest BCUT2D eigenvalue weighted by Crippen LogP contribution is -2.19. The van der Waals surface area contributed by atoms with Gasteiger partial charge >= 0.3 is 0 Å². The molecule has 2 atom stereocenters. The van der Waals surface area contributed by atoms with Crippen molar-refractivity contribution >= 4 is 0 Å². The van der Waals surface area contributed by atoms with Gasteiger partial charge in [0.05, 0.1) is 7.11 Å². The Hall–Kier alpha value is -1.78. The first-order valence-corrected chi connectivity index (χ1v) is 6.24. The van der Waals surface area contributed by atoms with Gasteiger partial charge in [0, 0.05) is 12.5 Å². The normalized spacial score (nSPS) is 14.1. The van der Waals surface area contributed by atoms with Gasteiger partial charge in [0.1, 0.15) is 23.4 Å². The Bertz CT molecular complexity index is 518. The van der Waals surface area contributed by atoms with E-state index in [0.717, 1.165) is 17.1 Å². The Kier molecular flexibility index (Phi) is 4.24. The molecule has 2 aromatic rings. The zero-order valence-corrected chi connectivity index (χ0v) is 11.2. The highest BCUT2D eigenvalue weighted by atomic mass is 16.5. The summed E-state index contributed by atoms with van der Waals surface area (Å²) in [6, 6.07) is 11.2. The first-order chi connectivity index (χ1) is 9.15. The van der Waals surface area contributed by atoms with Crippen LogP contribution in [0.25, 0.3) is 0 Å². The van der Waals surface area contributed by atoms with E-state index in [-0.39, 0.29) is 5.92 Å². The highest BCUT2D eigenvalue weighted by Gasteiger charge is 2.24. The lowest BCUT2D eigenvalue weighted by atomic mass is 9.92. The van der Waals surface area contributed by atoms with Gasteiger partial charge in [-0.1, -0.05) is 12.1 Å². The van der Waals surface area contributed by atoms with Crippen molar-refractivity contribution in [3.8, 4) is 5.75 Å². The van der Waals surface area contributed by atoms with Crippen molar-refractivity contribution in [2.45, 2.75) is 18.9 Å². The summed E-state index contributed by atoms with van der Waals surface area (Å²) in [4.78, 5) is 0. The van der Waals surface area contributed by atoms with E-state index in [1.165, 1.54) is 0 Å². The summed E-state index contributed by atoms with van der Waals surface area (Å²) >= 11 is 0. The number of ether oxygens (including phenoxy) is 1. The molecule has 0 bridgehead atoms. The molecule has 2 unspecified atom stereocenters. The van der Waals surface area contributed by atoms with E-state index in [2.05, 4.69) is 0 Å². The fourth-order valence-corrected chi connectivity index (χ4v) is 2.11. The van der Waals surface area contributed by atoms with Crippen LogP contribution in [0.3, 0.4) is 0 Å². The van der Waals surface area contributed by atoms with Gasteiger partial charge < -0.3 is 20.0 Å². The van der Waals surface area contributed by atoms with E-state index >= 15 is 0 Å². The van der Waals surface area contributed by atoms with Crippen LogP contribution >= 0.6 is 0 Å². The molecule has 0 aliphatic carbocycles. The molecular formula is C15H19NO3. The van der Waals surface area contributed by atoms with Crippen LogP contribution in [0.15, 0.2) is 40.8 Å². The zero-order valence-electron chi connectivity index (χ0n) is 11.2. The van der Waals surface area contributed by atoms with E-state index in [4.69, 9.17) is 14.9 Å². The number of hydrogen-bond donors (Lipinski definition) is 2. The molecule has 4 heteroatoms. The Morgan fingerprint density at radius 1 is 1.21 bits per heavy atom. The maximum absolute atomic E-state index is 10.4. The summed E-state index contributed by atoms with van der Waals surface area (Å²) in [6.07, 6.45) is -0.743. The Morgan fingerprint density at radius 2 is 1.89 bits per heavy atom. The molecule has 0 aliphatic rings. The minimum atomic E-state index is -0.743. The maximum atomic E-state index is 10.4. The highest BCUT2D eigenvalue weighted by molar-refractivity contribution is 5.31. The molecule has 0 saturated heterocycles. The van der Waals surface area contributed by atoms with Gasteiger partial charge in [-0.3, -0.25) is 0 Å². The Morgan fingerprint density at radius 3 is 2.37 bits per heavy atom. The minimum Gasteiger partial charge on any atom is -0.497 e. The molecule has 4 nitrogen and oxygen atoms in total. The van der Waals surface area contributed by atoms with Crippen molar-refractivity contribution in [3.63, 3.8) is 0 Å². The van der Waals surface area contributed by atoms with Crippen molar-refractivity contribution in [1.29, 1.82) is 0 Å². The van der Waals surface area contributed by atoms with Crippen LogP contribution in [0, 0.1) is 6.92 Å². The van der Waals surface area contributed by atoms with Gasteiger partial charge in [-0.2, -0.15) is 0 Å². The smallest absolute Gasteiger partial charge is 0.133 e. The SMILES string of the molecule is COc1ccc(C(CN)C(O)c2ccc(C)o2)cc1. The summed E-state index contributed by atoms with van der Waals surface area (Å²) in [5.74, 6) is 1.91. The van der Waals surface area contributed by atoms with Crippen molar-refractivity contribution in [3.05, 3.63) is 53.5 Å². The molecule has 1 aromatic heterocycles. The first kappa shape index (κ1) is 13.6. The topological polar surface area (TPSA) is 68.6 Å². The van der Waals surface area contributed by atoms with Gasteiger partial charge in [0.15, 0.2) is 0 Å². The third-order valence-corrected chi connectivity index (χ3v) is 3.23. The lowest BCUT2D eigenvalue weighted by Gasteiger charge is -2.20. The van der Waals surface area contributed by atoms with Gasteiger partial charge in [-0.05, 0) is 36.8 Å². The number of furan rings is 1. The summed E-state index contributed by atoms with van der Waals surface area (Å²) in [5, 5.41) is 10.4. The summed E-state index contributed by atoms with van der Waals surface area (Å²) in [7, 11) is 1.62. The van der Waals surface area contributed by atoms with Crippen LogP contribution in [0.4, 0.5) is 0 Å². The van der Waals surface area contributed by atoms with Gasteiger partial charge in [0.2, 0.25) is 0 Å². The van der Waals surface area contributed by atoms with Gasteiger partial charge in [0.25, 0.3) is 0 Å². The summed E-state index contributed by atoms with van der Waals surface area (Å²) in [5.41, 5.74) is 6.75.